The van der Waals surface area contributed by atoms with Crippen molar-refractivity contribution in [3.63, 3.8) is 0 Å². The highest BCUT2D eigenvalue weighted by Gasteiger charge is 2.28. The minimum atomic E-state index is -0.526. The van der Waals surface area contributed by atoms with E-state index in [4.69, 9.17) is 5.73 Å². The topological polar surface area (TPSA) is 26.0 Å². The van der Waals surface area contributed by atoms with Crippen molar-refractivity contribution in [2.24, 2.45) is 5.73 Å². The highest BCUT2D eigenvalue weighted by molar-refractivity contribution is 5.37. The molecule has 0 atom stereocenters. The van der Waals surface area contributed by atoms with Gasteiger partial charge in [0.25, 0.3) is 0 Å². The van der Waals surface area contributed by atoms with Gasteiger partial charge in [-0.1, -0.05) is 19.9 Å². The maximum absolute atomic E-state index is 13.9. The monoisotopic (exact) mass is 209 g/mol. The molecule has 0 amide bonds. The zero-order valence-electron chi connectivity index (χ0n) is 10.0. The van der Waals surface area contributed by atoms with Crippen molar-refractivity contribution < 1.29 is 4.39 Å². The molecule has 2 heteroatoms. The molecule has 0 radical (unpaired) electrons. The van der Waals surface area contributed by atoms with Crippen LogP contribution in [0.2, 0.25) is 0 Å². The van der Waals surface area contributed by atoms with E-state index in [2.05, 4.69) is 0 Å². The summed E-state index contributed by atoms with van der Waals surface area (Å²) >= 11 is 0. The molecular weight excluding hydrogens is 189 g/mol. The van der Waals surface area contributed by atoms with Gasteiger partial charge in [-0.15, -0.1) is 0 Å². The van der Waals surface area contributed by atoms with Crippen LogP contribution in [0.3, 0.4) is 0 Å². The van der Waals surface area contributed by atoms with Crippen molar-refractivity contribution in [3.8, 4) is 0 Å². The molecule has 0 fully saturated rings. The van der Waals surface area contributed by atoms with Crippen LogP contribution in [-0.2, 0) is 5.54 Å². The molecule has 0 unspecified atom stereocenters. The average molecular weight is 209 g/mol. The van der Waals surface area contributed by atoms with Crippen LogP contribution in [0, 0.1) is 19.7 Å². The van der Waals surface area contributed by atoms with Crippen LogP contribution in [0.1, 0.15) is 43.4 Å². The summed E-state index contributed by atoms with van der Waals surface area (Å²) in [5.41, 5.74) is 8.29. The summed E-state index contributed by atoms with van der Waals surface area (Å²) in [5.74, 6) is -0.168. The fraction of sp³-hybridized carbons (Fsp3) is 0.538. The van der Waals surface area contributed by atoms with Crippen molar-refractivity contribution in [1.82, 2.24) is 0 Å². The third-order valence-corrected chi connectivity index (χ3v) is 3.19. The summed E-state index contributed by atoms with van der Waals surface area (Å²) in [6, 6.07) is 3.56. The molecular formula is C13H20FN. The molecule has 0 heterocycles. The molecule has 2 N–H and O–H groups in total. The van der Waals surface area contributed by atoms with Gasteiger partial charge in [0.15, 0.2) is 0 Å². The van der Waals surface area contributed by atoms with E-state index in [0.717, 1.165) is 24.0 Å². The minimum absolute atomic E-state index is 0.168. The highest BCUT2D eigenvalue weighted by Crippen LogP contribution is 2.31. The molecule has 1 aromatic carbocycles. The van der Waals surface area contributed by atoms with Gasteiger partial charge in [0.05, 0.1) is 0 Å². The zero-order chi connectivity index (χ0) is 11.6. The van der Waals surface area contributed by atoms with E-state index in [0.29, 0.717) is 5.56 Å². The molecule has 0 aliphatic carbocycles. The third kappa shape index (κ3) is 2.20. The molecule has 0 spiro atoms. The second-order valence-corrected chi connectivity index (χ2v) is 4.30. The van der Waals surface area contributed by atoms with E-state index in [-0.39, 0.29) is 5.82 Å². The predicted octanol–water partition coefficient (Wildman–Crippen LogP) is 3.42. The van der Waals surface area contributed by atoms with E-state index in [1.54, 1.807) is 6.07 Å². The molecule has 0 aliphatic rings. The van der Waals surface area contributed by atoms with Crippen LogP contribution < -0.4 is 5.73 Å². The van der Waals surface area contributed by atoms with E-state index in [1.807, 2.05) is 33.8 Å². The van der Waals surface area contributed by atoms with E-state index in [1.165, 1.54) is 0 Å². The Morgan fingerprint density at radius 3 is 2.13 bits per heavy atom. The van der Waals surface area contributed by atoms with Gasteiger partial charge in [-0.05, 0) is 43.9 Å². The van der Waals surface area contributed by atoms with Gasteiger partial charge in [-0.25, -0.2) is 4.39 Å². The van der Waals surface area contributed by atoms with Crippen molar-refractivity contribution in [3.05, 3.63) is 34.6 Å². The predicted molar refractivity (Wildman–Crippen MR) is 62.3 cm³/mol. The molecule has 0 aromatic heterocycles. The van der Waals surface area contributed by atoms with E-state index < -0.39 is 5.54 Å². The number of rotatable bonds is 3. The van der Waals surface area contributed by atoms with Crippen LogP contribution in [0.25, 0.3) is 0 Å². The van der Waals surface area contributed by atoms with Crippen molar-refractivity contribution in [2.75, 3.05) is 0 Å². The normalized spacial score (nSPS) is 11.9. The second-order valence-electron chi connectivity index (χ2n) is 4.30. The number of aryl methyl sites for hydroxylation is 2. The summed E-state index contributed by atoms with van der Waals surface area (Å²) in [6.07, 6.45) is 1.51. The molecule has 1 rings (SSSR count). The summed E-state index contributed by atoms with van der Waals surface area (Å²) < 4.78 is 13.9. The Labute approximate surface area is 91.5 Å². The molecule has 0 bridgehead atoms. The molecule has 84 valence electrons. The van der Waals surface area contributed by atoms with Gasteiger partial charge in [0.2, 0.25) is 0 Å². The Kier molecular flexibility index (Phi) is 3.50. The number of hydrogen-bond acceptors (Lipinski definition) is 1. The Balaban J connectivity index is 3.36. The third-order valence-electron chi connectivity index (χ3n) is 3.19. The largest absolute Gasteiger partial charge is 0.321 e. The fourth-order valence-electron chi connectivity index (χ4n) is 2.15. The Bertz CT molecular complexity index is 331. The van der Waals surface area contributed by atoms with Crippen molar-refractivity contribution in [1.29, 1.82) is 0 Å². The molecule has 0 saturated carbocycles. The van der Waals surface area contributed by atoms with Crippen LogP contribution in [0.4, 0.5) is 4.39 Å². The fourth-order valence-corrected chi connectivity index (χ4v) is 2.15. The quantitative estimate of drug-likeness (QED) is 0.811. The van der Waals surface area contributed by atoms with Crippen molar-refractivity contribution >= 4 is 0 Å². The van der Waals surface area contributed by atoms with Crippen molar-refractivity contribution in [2.45, 2.75) is 46.1 Å². The van der Waals surface area contributed by atoms with E-state index in [9.17, 15) is 4.39 Å². The summed E-state index contributed by atoms with van der Waals surface area (Å²) in [4.78, 5) is 0. The number of benzene rings is 1. The highest BCUT2D eigenvalue weighted by atomic mass is 19.1. The van der Waals surface area contributed by atoms with Gasteiger partial charge < -0.3 is 5.73 Å². The lowest BCUT2D eigenvalue weighted by Crippen LogP contribution is -2.37. The molecule has 1 aromatic rings. The van der Waals surface area contributed by atoms with Crippen LogP contribution in [0.5, 0.6) is 0 Å². The van der Waals surface area contributed by atoms with Crippen LogP contribution in [0.15, 0.2) is 12.1 Å². The van der Waals surface area contributed by atoms with Crippen LogP contribution >= 0.6 is 0 Å². The number of nitrogens with two attached hydrogens (primary N) is 1. The first kappa shape index (κ1) is 12.2. The molecule has 0 aliphatic heterocycles. The van der Waals surface area contributed by atoms with Gasteiger partial charge in [-0.3, -0.25) is 0 Å². The SMILES string of the molecule is CCC(N)(CC)c1c(C)cc(C)cc1F. The second kappa shape index (κ2) is 4.31. The van der Waals surface area contributed by atoms with Gasteiger partial charge in [-0.2, -0.15) is 0 Å². The smallest absolute Gasteiger partial charge is 0.128 e. The van der Waals surface area contributed by atoms with Crippen LogP contribution in [-0.4, -0.2) is 0 Å². The van der Waals surface area contributed by atoms with Gasteiger partial charge in [0, 0.05) is 11.1 Å². The molecule has 1 nitrogen and oxygen atoms in total. The summed E-state index contributed by atoms with van der Waals surface area (Å²) in [6.45, 7) is 7.83. The Morgan fingerprint density at radius 2 is 1.73 bits per heavy atom. The molecule has 0 saturated heterocycles. The average Bonchev–Trinajstić information content (AvgIpc) is 2.15. The maximum atomic E-state index is 13.9. The lowest BCUT2D eigenvalue weighted by Gasteiger charge is -2.29. The lowest BCUT2D eigenvalue weighted by molar-refractivity contribution is 0.389. The molecule has 15 heavy (non-hydrogen) atoms. The first-order valence-electron chi connectivity index (χ1n) is 5.50. The first-order valence-corrected chi connectivity index (χ1v) is 5.50. The van der Waals surface area contributed by atoms with Gasteiger partial charge in [0.1, 0.15) is 5.82 Å². The Hall–Kier alpha value is -0.890. The number of halogens is 1. The van der Waals surface area contributed by atoms with E-state index >= 15 is 0 Å². The first-order chi connectivity index (χ1) is 6.94. The standard InChI is InChI=1S/C13H20FN/c1-5-13(15,6-2)12-10(4)7-9(3)8-11(12)14/h7-8H,5-6,15H2,1-4H3. The zero-order valence-corrected chi connectivity index (χ0v) is 10.0. The Morgan fingerprint density at radius 1 is 1.20 bits per heavy atom. The lowest BCUT2D eigenvalue weighted by atomic mass is 9.82. The minimum Gasteiger partial charge on any atom is -0.321 e. The summed E-state index contributed by atoms with van der Waals surface area (Å²) in [7, 11) is 0. The maximum Gasteiger partial charge on any atom is 0.128 e. The summed E-state index contributed by atoms with van der Waals surface area (Å²) in [5, 5.41) is 0. The number of hydrogen-bond donors (Lipinski definition) is 1. The van der Waals surface area contributed by atoms with Gasteiger partial charge >= 0.3 is 0 Å².